The van der Waals surface area contributed by atoms with Crippen molar-refractivity contribution in [2.75, 3.05) is 6.61 Å². The molecule has 0 aromatic heterocycles. The summed E-state index contributed by atoms with van der Waals surface area (Å²) >= 11 is 3.82. The molecule has 1 unspecified atom stereocenters. The molecule has 0 radical (unpaired) electrons. The second kappa shape index (κ2) is 5.88. The number of rotatable bonds is 5. The largest absolute Gasteiger partial charge is 0.394 e. The molecule has 0 heterocycles. The molecule has 0 aliphatic rings. The van der Waals surface area contributed by atoms with Gasteiger partial charge in [0, 0.05) is 5.92 Å². The van der Waals surface area contributed by atoms with Crippen molar-refractivity contribution in [1.29, 1.82) is 0 Å². The SMILES string of the molecule is CC(C)C(=O)C(CO)NSS. The lowest BCUT2D eigenvalue weighted by Gasteiger charge is -2.14. The first-order valence-electron chi connectivity index (χ1n) is 3.34. The molecule has 0 bridgehead atoms. The first kappa shape index (κ1) is 11.3. The van der Waals surface area contributed by atoms with Gasteiger partial charge in [-0.3, -0.25) is 4.79 Å². The van der Waals surface area contributed by atoms with Crippen molar-refractivity contribution in [3.05, 3.63) is 0 Å². The number of hydrogen-bond acceptors (Lipinski definition) is 5. The number of carbonyl (C=O) groups is 1. The highest BCUT2D eigenvalue weighted by molar-refractivity contribution is 8.67. The molecule has 0 aromatic rings. The van der Waals surface area contributed by atoms with Crippen molar-refractivity contribution in [1.82, 2.24) is 4.72 Å². The van der Waals surface area contributed by atoms with Gasteiger partial charge < -0.3 is 5.11 Å². The summed E-state index contributed by atoms with van der Waals surface area (Å²) in [5.74, 6) is -0.0471. The number of nitrogens with one attached hydrogen (secondary N) is 1. The summed E-state index contributed by atoms with van der Waals surface area (Å²) in [5, 5.41) is 8.75. The molecule has 0 amide bonds. The predicted molar refractivity (Wildman–Crippen MR) is 50.4 cm³/mol. The molecule has 3 nitrogen and oxygen atoms in total. The Kier molecular flexibility index (Phi) is 6.03. The first-order valence-corrected chi connectivity index (χ1v) is 5.20. The van der Waals surface area contributed by atoms with Crippen molar-refractivity contribution in [2.24, 2.45) is 5.92 Å². The van der Waals surface area contributed by atoms with Gasteiger partial charge in [-0.25, -0.2) is 4.72 Å². The Hall–Kier alpha value is 0.290. The molecule has 0 aliphatic heterocycles. The Morgan fingerprint density at radius 3 is 2.55 bits per heavy atom. The van der Waals surface area contributed by atoms with E-state index in [4.69, 9.17) is 5.11 Å². The number of aliphatic hydroxyl groups is 1. The third kappa shape index (κ3) is 4.00. The standard InChI is InChI=1S/C6H13NO2S2/c1-4(2)6(9)5(3-8)7-11-10/h4-5,7-8,10H,3H2,1-2H3. The zero-order chi connectivity index (χ0) is 8.85. The second-order valence-electron chi connectivity index (χ2n) is 2.50. The minimum atomic E-state index is -0.488. The van der Waals surface area contributed by atoms with Gasteiger partial charge in [0.05, 0.1) is 12.6 Å². The normalized spacial score (nSPS) is 13.5. The van der Waals surface area contributed by atoms with E-state index in [1.54, 1.807) is 13.8 Å². The molecule has 1 atom stereocenters. The van der Waals surface area contributed by atoms with Crippen molar-refractivity contribution >= 4 is 28.4 Å². The molecule has 0 aromatic carbocycles. The zero-order valence-electron chi connectivity index (χ0n) is 6.57. The smallest absolute Gasteiger partial charge is 0.155 e. The molecule has 66 valence electrons. The Balaban J connectivity index is 3.92. The van der Waals surface area contributed by atoms with Crippen LogP contribution in [-0.4, -0.2) is 23.5 Å². The molecule has 0 aliphatic carbocycles. The third-order valence-corrected chi connectivity index (χ3v) is 2.00. The van der Waals surface area contributed by atoms with Crippen LogP contribution in [0.3, 0.4) is 0 Å². The van der Waals surface area contributed by atoms with Gasteiger partial charge in [-0.2, -0.15) is 0 Å². The van der Waals surface area contributed by atoms with Gasteiger partial charge in [-0.05, 0) is 11.0 Å². The van der Waals surface area contributed by atoms with E-state index < -0.39 is 6.04 Å². The quantitative estimate of drug-likeness (QED) is 0.342. The van der Waals surface area contributed by atoms with Gasteiger partial charge in [0.2, 0.25) is 0 Å². The van der Waals surface area contributed by atoms with Crippen molar-refractivity contribution in [3.63, 3.8) is 0 Å². The Morgan fingerprint density at radius 1 is 1.73 bits per heavy atom. The maximum absolute atomic E-state index is 11.2. The molecule has 0 saturated heterocycles. The number of thiol groups is 1. The van der Waals surface area contributed by atoms with E-state index >= 15 is 0 Å². The lowest BCUT2D eigenvalue weighted by atomic mass is 10.0. The molecule has 0 rings (SSSR count). The number of ketones is 1. The van der Waals surface area contributed by atoms with Crippen LogP contribution in [0.5, 0.6) is 0 Å². The van der Waals surface area contributed by atoms with Crippen LogP contribution >= 0.6 is 22.6 Å². The van der Waals surface area contributed by atoms with E-state index in [1.165, 1.54) is 0 Å². The lowest BCUT2D eigenvalue weighted by molar-refractivity contribution is -0.124. The van der Waals surface area contributed by atoms with Gasteiger partial charge >= 0.3 is 0 Å². The second-order valence-corrected chi connectivity index (χ2v) is 3.47. The summed E-state index contributed by atoms with van der Waals surface area (Å²) in [6.07, 6.45) is 0. The minimum Gasteiger partial charge on any atom is -0.394 e. The lowest BCUT2D eigenvalue weighted by Crippen LogP contribution is -2.37. The van der Waals surface area contributed by atoms with Gasteiger partial charge in [0.15, 0.2) is 5.78 Å². The summed E-state index contributed by atoms with van der Waals surface area (Å²) in [6.45, 7) is 3.43. The van der Waals surface area contributed by atoms with Crippen LogP contribution in [0.4, 0.5) is 0 Å². The number of hydrogen-bond donors (Lipinski definition) is 3. The van der Waals surface area contributed by atoms with E-state index in [1.807, 2.05) is 0 Å². The van der Waals surface area contributed by atoms with Crippen LogP contribution in [0.15, 0.2) is 0 Å². The summed E-state index contributed by atoms with van der Waals surface area (Å²) in [4.78, 5) is 11.2. The first-order chi connectivity index (χ1) is 5.13. The highest BCUT2D eigenvalue weighted by Gasteiger charge is 2.19. The zero-order valence-corrected chi connectivity index (χ0v) is 8.28. The summed E-state index contributed by atoms with van der Waals surface area (Å²) < 4.78 is 2.69. The van der Waals surface area contributed by atoms with E-state index in [9.17, 15) is 4.79 Å². The highest BCUT2D eigenvalue weighted by atomic mass is 33.1. The van der Waals surface area contributed by atoms with Crippen molar-refractivity contribution in [2.45, 2.75) is 19.9 Å². The maximum Gasteiger partial charge on any atom is 0.155 e. The van der Waals surface area contributed by atoms with Crippen molar-refractivity contribution in [3.8, 4) is 0 Å². The molecule has 0 fully saturated rings. The molecule has 11 heavy (non-hydrogen) atoms. The average molecular weight is 195 g/mol. The van der Waals surface area contributed by atoms with E-state index in [2.05, 4.69) is 16.4 Å². The van der Waals surface area contributed by atoms with Gasteiger partial charge in [-0.15, -0.1) is 0 Å². The minimum absolute atomic E-state index is 0.00838. The van der Waals surface area contributed by atoms with Crippen LogP contribution in [0.1, 0.15) is 13.8 Å². The third-order valence-electron chi connectivity index (χ3n) is 1.29. The van der Waals surface area contributed by atoms with E-state index in [0.717, 1.165) is 11.0 Å². The average Bonchev–Trinajstić information content (AvgIpc) is 1.98. The summed E-state index contributed by atoms with van der Waals surface area (Å²) in [7, 11) is 1.04. The van der Waals surface area contributed by atoms with E-state index in [0.29, 0.717) is 0 Å². The fourth-order valence-corrected chi connectivity index (χ4v) is 1.35. The molecule has 0 spiro atoms. The van der Waals surface area contributed by atoms with Crippen molar-refractivity contribution < 1.29 is 9.90 Å². The monoisotopic (exact) mass is 195 g/mol. The molecule has 5 heteroatoms. The maximum atomic E-state index is 11.2. The molecular weight excluding hydrogens is 182 g/mol. The number of carbonyl (C=O) groups excluding carboxylic acids is 1. The number of Topliss-reactive ketones (excluding diaryl/α,β-unsaturated/α-hetero) is 1. The van der Waals surface area contributed by atoms with Gasteiger partial charge in [-0.1, -0.05) is 25.5 Å². The fraction of sp³-hybridized carbons (Fsp3) is 0.833. The molecular formula is C6H13NO2S2. The number of aliphatic hydroxyl groups excluding tert-OH is 1. The van der Waals surface area contributed by atoms with Gasteiger partial charge in [0.25, 0.3) is 0 Å². The highest BCUT2D eigenvalue weighted by Crippen LogP contribution is 2.05. The van der Waals surface area contributed by atoms with Crippen LogP contribution in [-0.2, 0) is 4.79 Å². The molecule has 2 N–H and O–H groups in total. The Morgan fingerprint density at radius 2 is 2.27 bits per heavy atom. The van der Waals surface area contributed by atoms with Gasteiger partial charge in [0.1, 0.15) is 0 Å². The fourth-order valence-electron chi connectivity index (χ4n) is 0.651. The summed E-state index contributed by atoms with van der Waals surface area (Å²) in [6, 6.07) is -0.488. The molecule has 0 saturated carbocycles. The Labute approximate surface area is 75.9 Å². The summed E-state index contributed by atoms with van der Waals surface area (Å²) in [5.41, 5.74) is 0. The van der Waals surface area contributed by atoms with Crippen LogP contribution < -0.4 is 4.72 Å². The van der Waals surface area contributed by atoms with E-state index in [-0.39, 0.29) is 18.3 Å². The Bertz CT molecular complexity index is 130. The van der Waals surface area contributed by atoms with Crippen LogP contribution in [0.25, 0.3) is 0 Å². The predicted octanol–water partition coefficient (Wildman–Crippen LogP) is 0.655. The van der Waals surface area contributed by atoms with Crippen LogP contribution in [0, 0.1) is 5.92 Å². The topological polar surface area (TPSA) is 49.3 Å². The van der Waals surface area contributed by atoms with Crippen LogP contribution in [0.2, 0.25) is 0 Å².